The van der Waals surface area contributed by atoms with Crippen LogP contribution in [0.3, 0.4) is 0 Å². The molecule has 1 heterocycles. The molecule has 0 amide bonds. The van der Waals surface area contributed by atoms with Gasteiger partial charge in [0.25, 0.3) is 0 Å². The van der Waals surface area contributed by atoms with E-state index in [1.54, 1.807) is 0 Å². The molecule has 0 aromatic rings. The van der Waals surface area contributed by atoms with E-state index in [2.05, 4.69) is 25.4 Å². The van der Waals surface area contributed by atoms with Gasteiger partial charge in [0.05, 0.1) is 5.60 Å². The molecule has 2 rings (SSSR count). The number of thioether (sulfide) groups is 1. The lowest BCUT2D eigenvalue weighted by molar-refractivity contribution is -0.109. The molecule has 2 fully saturated rings. The van der Waals surface area contributed by atoms with Crippen molar-refractivity contribution in [3.63, 3.8) is 0 Å². The molecule has 106 valence electrons. The molecule has 2 aliphatic rings. The van der Waals surface area contributed by atoms with E-state index in [1.165, 1.54) is 44.9 Å². The first-order valence-electron chi connectivity index (χ1n) is 7.48. The van der Waals surface area contributed by atoms with Crippen molar-refractivity contribution in [3.05, 3.63) is 0 Å². The monoisotopic (exact) mass is 271 g/mol. The van der Waals surface area contributed by atoms with Gasteiger partial charge in [0.1, 0.15) is 0 Å². The SMILES string of the molecule is CSC(C)(C)CNC1CCOC2(CCCCC2)C1. The average molecular weight is 271 g/mol. The minimum atomic E-state index is 0.234. The number of hydrogen-bond acceptors (Lipinski definition) is 3. The molecular weight excluding hydrogens is 242 g/mol. The molecule has 1 spiro atoms. The Morgan fingerprint density at radius 3 is 2.67 bits per heavy atom. The van der Waals surface area contributed by atoms with Crippen LogP contribution in [0, 0.1) is 0 Å². The van der Waals surface area contributed by atoms with Crippen LogP contribution in [-0.2, 0) is 4.74 Å². The lowest BCUT2D eigenvalue weighted by Crippen LogP contribution is -2.50. The van der Waals surface area contributed by atoms with Crippen LogP contribution in [0.25, 0.3) is 0 Å². The summed E-state index contributed by atoms with van der Waals surface area (Å²) in [5.74, 6) is 0. The van der Waals surface area contributed by atoms with Gasteiger partial charge in [0, 0.05) is 23.9 Å². The molecular formula is C15H29NOS. The van der Waals surface area contributed by atoms with E-state index < -0.39 is 0 Å². The summed E-state index contributed by atoms with van der Waals surface area (Å²) < 4.78 is 6.49. The van der Waals surface area contributed by atoms with Crippen LogP contribution in [-0.4, -0.2) is 35.8 Å². The molecule has 1 aliphatic heterocycles. The fraction of sp³-hybridized carbons (Fsp3) is 1.00. The second-order valence-corrected chi connectivity index (χ2v) is 8.14. The minimum Gasteiger partial charge on any atom is -0.375 e. The maximum Gasteiger partial charge on any atom is 0.0697 e. The van der Waals surface area contributed by atoms with E-state index >= 15 is 0 Å². The Bertz CT molecular complexity index is 256. The Hall–Kier alpha value is 0.270. The van der Waals surface area contributed by atoms with Crippen molar-refractivity contribution in [1.29, 1.82) is 0 Å². The summed E-state index contributed by atoms with van der Waals surface area (Å²) in [6, 6.07) is 0.670. The Morgan fingerprint density at radius 2 is 2.00 bits per heavy atom. The zero-order valence-electron chi connectivity index (χ0n) is 12.3. The molecule has 0 bridgehead atoms. The van der Waals surface area contributed by atoms with Gasteiger partial charge in [0.2, 0.25) is 0 Å². The molecule has 1 unspecified atom stereocenters. The topological polar surface area (TPSA) is 21.3 Å². The molecule has 2 nitrogen and oxygen atoms in total. The second kappa shape index (κ2) is 6.15. The van der Waals surface area contributed by atoms with Crippen molar-refractivity contribution in [3.8, 4) is 0 Å². The predicted molar refractivity (Wildman–Crippen MR) is 80.4 cm³/mol. The van der Waals surface area contributed by atoms with Gasteiger partial charge in [-0.2, -0.15) is 11.8 Å². The molecule has 18 heavy (non-hydrogen) atoms. The van der Waals surface area contributed by atoms with Crippen LogP contribution in [0.15, 0.2) is 0 Å². The zero-order valence-corrected chi connectivity index (χ0v) is 13.1. The van der Waals surface area contributed by atoms with Gasteiger partial charge in [-0.3, -0.25) is 0 Å². The first-order valence-corrected chi connectivity index (χ1v) is 8.70. The van der Waals surface area contributed by atoms with Crippen molar-refractivity contribution in [2.24, 2.45) is 0 Å². The molecule has 0 aromatic carbocycles. The van der Waals surface area contributed by atoms with Crippen LogP contribution < -0.4 is 5.32 Å². The molecule has 3 heteroatoms. The van der Waals surface area contributed by atoms with E-state index in [1.807, 2.05) is 11.8 Å². The van der Waals surface area contributed by atoms with E-state index in [4.69, 9.17) is 4.74 Å². The van der Waals surface area contributed by atoms with Crippen molar-refractivity contribution in [1.82, 2.24) is 5.32 Å². The highest BCUT2D eigenvalue weighted by Crippen LogP contribution is 2.38. The van der Waals surface area contributed by atoms with Gasteiger partial charge in [-0.05, 0) is 45.8 Å². The Balaban J connectivity index is 1.83. The number of rotatable bonds is 4. The standard InChI is InChI=1S/C15H29NOS/c1-14(2,18-3)12-16-13-7-10-17-15(11-13)8-5-4-6-9-15/h13,16H,4-12H2,1-3H3. The normalized spacial score (nSPS) is 28.5. The lowest BCUT2D eigenvalue weighted by atomic mass is 9.78. The van der Waals surface area contributed by atoms with Crippen molar-refractivity contribution >= 4 is 11.8 Å². The molecule has 1 N–H and O–H groups in total. The van der Waals surface area contributed by atoms with Crippen LogP contribution >= 0.6 is 11.8 Å². The van der Waals surface area contributed by atoms with E-state index in [0.717, 1.165) is 13.2 Å². The Labute approximate surface area is 117 Å². The van der Waals surface area contributed by atoms with Crippen LogP contribution in [0.1, 0.15) is 58.8 Å². The summed E-state index contributed by atoms with van der Waals surface area (Å²) in [6.07, 6.45) is 11.3. The van der Waals surface area contributed by atoms with Crippen LogP contribution in [0.4, 0.5) is 0 Å². The van der Waals surface area contributed by atoms with Crippen LogP contribution in [0.2, 0.25) is 0 Å². The fourth-order valence-electron chi connectivity index (χ4n) is 3.21. The quantitative estimate of drug-likeness (QED) is 0.844. The van der Waals surface area contributed by atoms with Crippen molar-refractivity contribution < 1.29 is 4.74 Å². The summed E-state index contributed by atoms with van der Waals surface area (Å²) in [7, 11) is 0. The van der Waals surface area contributed by atoms with E-state index in [0.29, 0.717) is 10.8 Å². The maximum atomic E-state index is 6.15. The lowest BCUT2D eigenvalue weighted by Gasteiger charge is -2.44. The summed E-state index contributed by atoms with van der Waals surface area (Å²) in [4.78, 5) is 0. The Morgan fingerprint density at radius 1 is 1.28 bits per heavy atom. The summed E-state index contributed by atoms with van der Waals surface area (Å²) >= 11 is 1.95. The molecule has 1 saturated heterocycles. The van der Waals surface area contributed by atoms with Crippen LogP contribution in [0.5, 0.6) is 0 Å². The highest BCUT2D eigenvalue weighted by molar-refractivity contribution is 7.99. The van der Waals surface area contributed by atoms with Gasteiger partial charge in [-0.1, -0.05) is 19.3 Å². The fourth-order valence-corrected chi connectivity index (χ4v) is 3.44. The third-order valence-corrected chi connectivity index (χ3v) is 5.88. The molecule has 1 saturated carbocycles. The van der Waals surface area contributed by atoms with Gasteiger partial charge in [-0.25, -0.2) is 0 Å². The predicted octanol–water partition coefficient (Wildman–Crippen LogP) is 3.60. The average Bonchev–Trinajstić information content (AvgIpc) is 2.38. The summed E-state index contributed by atoms with van der Waals surface area (Å²) in [6.45, 7) is 6.70. The molecule has 0 radical (unpaired) electrons. The van der Waals surface area contributed by atoms with Crippen molar-refractivity contribution in [2.75, 3.05) is 19.4 Å². The van der Waals surface area contributed by atoms with E-state index in [9.17, 15) is 0 Å². The molecule has 0 aromatic heterocycles. The van der Waals surface area contributed by atoms with Gasteiger partial charge in [0.15, 0.2) is 0 Å². The molecule has 1 atom stereocenters. The second-order valence-electron chi connectivity index (χ2n) is 6.63. The number of hydrogen-bond donors (Lipinski definition) is 1. The minimum absolute atomic E-state index is 0.234. The third kappa shape index (κ3) is 3.88. The zero-order chi connectivity index (χ0) is 13.1. The summed E-state index contributed by atoms with van der Waals surface area (Å²) in [5.41, 5.74) is 0.234. The number of nitrogens with one attached hydrogen (secondary N) is 1. The Kier molecular flexibility index (Phi) is 5.01. The summed E-state index contributed by atoms with van der Waals surface area (Å²) in [5, 5.41) is 3.78. The highest BCUT2D eigenvalue weighted by Gasteiger charge is 2.38. The molecule has 1 aliphatic carbocycles. The largest absolute Gasteiger partial charge is 0.375 e. The van der Waals surface area contributed by atoms with Gasteiger partial charge in [-0.15, -0.1) is 0 Å². The highest BCUT2D eigenvalue weighted by atomic mass is 32.2. The maximum absolute atomic E-state index is 6.15. The number of ether oxygens (including phenoxy) is 1. The van der Waals surface area contributed by atoms with Gasteiger partial charge >= 0.3 is 0 Å². The third-order valence-electron chi connectivity index (χ3n) is 4.63. The smallest absolute Gasteiger partial charge is 0.0697 e. The first-order chi connectivity index (χ1) is 8.55. The van der Waals surface area contributed by atoms with Crippen molar-refractivity contribution in [2.45, 2.75) is 75.2 Å². The van der Waals surface area contributed by atoms with Gasteiger partial charge < -0.3 is 10.1 Å². The van der Waals surface area contributed by atoms with E-state index in [-0.39, 0.29) is 5.60 Å². The first kappa shape index (κ1) is 14.7.